The second-order valence-electron chi connectivity index (χ2n) is 16.4. The first-order valence-electron chi connectivity index (χ1n) is 21.7. The first-order chi connectivity index (χ1) is 31.6. The van der Waals surface area contributed by atoms with E-state index in [0.29, 0.717) is 16.9 Å². The normalized spacial score (nSPS) is 11.6. The molecule has 0 amide bonds. The first-order valence-corrected chi connectivity index (χ1v) is 21.7. The van der Waals surface area contributed by atoms with Crippen LogP contribution in [0.5, 0.6) is 0 Å². The van der Waals surface area contributed by atoms with Crippen molar-refractivity contribution >= 4 is 70.8 Å². The quantitative estimate of drug-likeness (QED) is 0.173. The molecular formula is C60H40FN3. The summed E-state index contributed by atoms with van der Waals surface area (Å²) >= 11 is 0. The van der Waals surface area contributed by atoms with E-state index in [1.165, 1.54) is 10.8 Å². The molecule has 0 saturated heterocycles. The lowest BCUT2D eigenvalue weighted by Gasteiger charge is -2.18. The standard InChI is InChI=1S/C60H40FN3/c61-55-38-40(33-35-49(55)45-21-5-1-17-41(45)42-18-2-6-22-46(42)50-25-9-13-29-56(50)62)64-57-30-14-10-26-51(57)47-23-7-3-19-43(47)44-20-4-8-24-48(44)54-37-39(34-36-60(54)64)63-58-31-15-11-27-52(58)53-28-12-16-32-59(53)63/h1-38H,62H2. The molecule has 2 aromatic heterocycles. The number of fused-ring (bicyclic) bond motifs is 10. The van der Waals surface area contributed by atoms with Gasteiger partial charge in [-0.2, -0.15) is 0 Å². The van der Waals surface area contributed by atoms with Crippen LogP contribution in [0.1, 0.15) is 0 Å². The number of anilines is 1. The lowest BCUT2D eigenvalue weighted by atomic mass is 9.89. The van der Waals surface area contributed by atoms with Gasteiger partial charge in [-0.1, -0.05) is 170 Å². The number of para-hydroxylation sites is 4. The van der Waals surface area contributed by atoms with Crippen LogP contribution in [0, 0.1) is 5.82 Å². The maximum atomic E-state index is 17.5. The summed E-state index contributed by atoms with van der Waals surface area (Å²) in [6.45, 7) is 0. The largest absolute Gasteiger partial charge is 0.398 e. The fourth-order valence-electron chi connectivity index (χ4n) is 9.99. The first kappa shape index (κ1) is 37.3. The molecule has 0 aliphatic carbocycles. The number of nitrogens with two attached hydrogens (primary N) is 1. The highest BCUT2D eigenvalue weighted by Crippen LogP contribution is 2.42. The molecule has 0 atom stereocenters. The monoisotopic (exact) mass is 821 g/mol. The number of nitrogen functional groups attached to an aromatic ring is 1. The number of benzene rings is 10. The fraction of sp³-hybridized carbons (Fsp3) is 0. The number of rotatable bonds is 5. The highest BCUT2D eigenvalue weighted by atomic mass is 19.1. The summed E-state index contributed by atoms with van der Waals surface area (Å²) in [5.41, 5.74) is 18.3. The molecule has 0 radical (unpaired) electrons. The molecule has 10 aromatic carbocycles. The van der Waals surface area contributed by atoms with Crippen LogP contribution in [0.2, 0.25) is 0 Å². The van der Waals surface area contributed by atoms with Gasteiger partial charge in [0.1, 0.15) is 5.82 Å². The van der Waals surface area contributed by atoms with Crippen molar-refractivity contribution in [3.05, 3.63) is 236 Å². The average molecular weight is 822 g/mol. The van der Waals surface area contributed by atoms with Crippen LogP contribution < -0.4 is 5.73 Å². The van der Waals surface area contributed by atoms with E-state index < -0.39 is 0 Å². The van der Waals surface area contributed by atoms with Gasteiger partial charge >= 0.3 is 0 Å². The van der Waals surface area contributed by atoms with Gasteiger partial charge in [0.2, 0.25) is 0 Å². The Morgan fingerprint density at radius 2 is 0.594 bits per heavy atom. The van der Waals surface area contributed by atoms with Crippen molar-refractivity contribution in [2.24, 2.45) is 0 Å². The van der Waals surface area contributed by atoms with Gasteiger partial charge in [0, 0.05) is 49.7 Å². The van der Waals surface area contributed by atoms with E-state index in [2.05, 4.69) is 173 Å². The minimum absolute atomic E-state index is 0.316. The van der Waals surface area contributed by atoms with Gasteiger partial charge < -0.3 is 14.9 Å². The average Bonchev–Trinajstić information content (AvgIpc) is 3.70. The van der Waals surface area contributed by atoms with Crippen molar-refractivity contribution in [2.75, 3.05) is 5.73 Å². The summed E-state index contributed by atoms with van der Waals surface area (Å²) in [4.78, 5) is 0. The molecule has 64 heavy (non-hydrogen) atoms. The predicted octanol–water partition coefficient (Wildman–Crippen LogP) is 16.0. The third-order valence-corrected chi connectivity index (χ3v) is 12.8. The number of hydrogen-bond donors (Lipinski definition) is 1. The maximum absolute atomic E-state index is 17.5. The van der Waals surface area contributed by atoms with E-state index in [1.807, 2.05) is 60.7 Å². The van der Waals surface area contributed by atoms with Crippen LogP contribution >= 0.6 is 0 Å². The Balaban J connectivity index is 1.16. The van der Waals surface area contributed by atoms with E-state index >= 15 is 4.39 Å². The molecule has 3 nitrogen and oxygen atoms in total. The number of hydrogen-bond acceptors (Lipinski definition) is 1. The van der Waals surface area contributed by atoms with Crippen LogP contribution in [-0.2, 0) is 0 Å². The van der Waals surface area contributed by atoms with Crippen LogP contribution in [0.3, 0.4) is 0 Å². The molecule has 0 aliphatic rings. The van der Waals surface area contributed by atoms with E-state index in [0.717, 1.165) is 87.9 Å². The molecule has 4 heteroatoms. The molecule has 0 bridgehead atoms. The van der Waals surface area contributed by atoms with Crippen molar-refractivity contribution in [1.29, 1.82) is 0 Å². The number of nitrogens with zero attached hydrogens (tertiary/aromatic N) is 2. The molecule has 302 valence electrons. The lowest BCUT2D eigenvalue weighted by Crippen LogP contribution is -2.01. The van der Waals surface area contributed by atoms with Gasteiger partial charge in [0.05, 0.1) is 22.1 Å². The van der Waals surface area contributed by atoms with Gasteiger partial charge in [-0.05, 0) is 104 Å². The SMILES string of the molecule is Nc1ccccc1-c1ccccc1-c1ccccc1-c1ccc(-n2c3ccccc3c3ccccc3c3ccccc3c3cc(-n4c5ccccc5c5ccccc54)ccc32)cc1F. The minimum atomic E-state index is -0.316. The van der Waals surface area contributed by atoms with Crippen molar-refractivity contribution in [3.8, 4) is 44.8 Å². The molecule has 0 spiro atoms. The van der Waals surface area contributed by atoms with Gasteiger partial charge in [-0.25, -0.2) is 4.39 Å². The zero-order valence-corrected chi connectivity index (χ0v) is 34.8. The second-order valence-corrected chi connectivity index (χ2v) is 16.4. The van der Waals surface area contributed by atoms with E-state index in [1.54, 1.807) is 6.07 Å². The highest BCUT2D eigenvalue weighted by Gasteiger charge is 2.19. The summed E-state index contributed by atoms with van der Waals surface area (Å²) in [5, 5.41) is 8.96. The maximum Gasteiger partial charge on any atom is 0.133 e. The Kier molecular flexibility index (Phi) is 8.84. The van der Waals surface area contributed by atoms with Gasteiger partial charge in [0.15, 0.2) is 0 Å². The summed E-state index contributed by atoms with van der Waals surface area (Å²) in [6, 6.07) is 79.6. The molecule has 0 saturated carbocycles. The molecular weight excluding hydrogens is 782 g/mol. The van der Waals surface area contributed by atoms with Gasteiger partial charge in [-0.3, -0.25) is 0 Å². The molecule has 0 unspecified atom stereocenters. The summed E-state index contributed by atoms with van der Waals surface area (Å²) in [6.07, 6.45) is 0. The van der Waals surface area contributed by atoms with Crippen molar-refractivity contribution < 1.29 is 4.39 Å². The summed E-state index contributed by atoms with van der Waals surface area (Å²) < 4.78 is 22.1. The van der Waals surface area contributed by atoms with Gasteiger partial charge in [-0.15, -0.1) is 0 Å². The minimum Gasteiger partial charge on any atom is -0.398 e. The van der Waals surface area contributed by atoms with Crippen LogP contribution in [0.25, 0.3) is 110 Å². The van der Waals surface area contributed by atoms with Crippen LogP contribution in [0.15, 0.2) is 231 Å². The molecule has 0 aliphatic heterocycles. The Hall–Kier alpha value is -8.47. The molecule has 2 heterocycles. The Labute approximate surface area is 369 Å². The summed E-state index contributed by atoms with van der Waals surface area (Å²) in [5.74, 6) is -0.316. The van der Waals surface area contributed by atoms with Crippen LogP contribution in [0.4, 0.5) is 10.1 Å². The second kappa shape index (κ2) is 15.2. The predicted molar refractivity (Wildman–Crippen MR) is 268 cm³/mol. The van der Waals surface area contributed by atoms with Crippen molar-refractivity contribution in [2.45, 2.75) is 0 Å². The third kappa shape index (κ3) is 5.95. The Morgan fingerprint density at radius 3 is 1.09 bits per heavy atom. The van der Waals surface area contributed by atoms with Crippen molar-refractivity contribution in [3.63, 3.8) is 0 Å². The van der Waals surface area contributed by atoms with E-state index in [9.17, 15) is 0 Å². The smallest absolute Gasteiger partial charge is 0.133 e. The topological polar surface area (TPSA) is 35.9 Å². The third-order valence-electron chi connectivity index (χ3n) is 12.8. The summed E-state index contributed by atoms with van der Waals surface area (Å²) in [7, 11) is 0. The molecule has 12 aromatic rings. The highest BCUT2D eigenvalue weighted by molar-refractivity contribution is 6.20. The van der Waals surface area contributed by atoms with E-state index in [-0.39, 0.29) is 5.82 Å². The van der Waals surface area contributed by atoms with Crippen molar-refractivity contribution in [1.82, 2.24) is 9.13 Å². The molecule has 12 rings (SSSR count). The lowest BCUT2D eigenvalue weighted by molar-refractivity contribution is 0.630. The zero-order chi connectivity index (χ0) is 42.7. The molecule has 0 fully saturated rings. The fourth-order valence-corrected chi connectivity index (χ4v) is 9.99. The Morgan fingerprint density at radius 1 is 0.266 bits per heavy atom. The van der Waals surface area contributed by atoms with Gasteiger partial charge in [0.25, 0.3) is 0 Å². The number of aromatic nitrogens is 2. The Bertz CT molecular complexity index is 3840. The molecule has 2 N–H and O–H groups in total. The zero-order valence-electron chi connectivity index (χ0n) is 34.8. The van der Waals surface area contributed by atoms with E-state index in [4.69, 9.17) is 5.73 Å². The number of halogens is 1. The van der Waals surface area contributed by atoms with Crippen LogP contribution in [-0.4, -0.2) is 9.13 Å².